The van der Waals surface area contributed by atoms with Crippen LogP contribution in [0, 0.1) is 6.92 Å². The molecule has 4 aromatic rings. The Hall–Kier alpha value is -2.41. The molecule has 7 heteroatoms. The Balaban J connectivity index is 1.58. The second-order valence-corrected chi connectivity index (χ2v) is 8.25. The third-order valence-corrected chi connectivity index (χ3v) is 6.54. The van der Waals surface area contributed by atoms with Gasteiger partial charge in [-0.2, -0.15) is 0 Å². The fraction of sp³-hybridized carbons (Fsp3) is 0.100. The molecule has 2 heterocycles. The maximum absolute atomic E-state index is 12.7. The summed E-state index contributed by atoms with van der Waals surface area (Å²) in [6.45, 7) is 2.04. The van der Waals surface area contributed by atoms with Gasteiger partial charge in [0.15, 0.2) is 5.13 Å². The van der Waals surface area contributed by atoms with Gasteiger partial charge in [-0.1, -0.05) is 41.4 Å². The number of thiophene rings is 1. The number of carbonyl (C=O) groups is 1. The monoisotopic (exact) mass is 414 g/mol. The minimum Gasteiger partial charge on any atom is -0.497 e. The molecule has 27 heavy (non-hydrogen) atoms. The van der Waals surface area contributed by atoms with E-state index in [9.17, 15) is 4.79 Å². The van der Waals surface area contributed by atoms with E-state index in [1.807, 2.05) is 54.8 Å². The summed E-state index contributed by atoms with van der Waals surface area (Å²) in [5.41, 5.74) is 3.05. The Morgan fingerprint density at radius 3 is 2.70 bits per heavy atom. The molecule has 0 aliphatic rings. The molecule has 1 amide bonds. The van der Waals surface area contributed by atoms with E-state index in [2.05, 4.69) is 10.3 Å². The molecule has 4 rings (SSSR count). The molecule has 2 aromatic carbocycles. The fourth-order valence-electron chi connectivity index (χ4n) is 2.66. The number of thiazole rings is 1. The maximum atomic E-state index is 12.7. The van der Waals surface area contributed by atoms with Crippen molar-refractivity contribution in [2.75, 3.05) is 12.4 Å². The maximum Gasteiger partial charge on any atom is 0.269 e. The Bertz CT molecular complexity index is 1130. The van der Waals surface area contributed by atoms with E-state index in [-0.39, 0.29) is 5.91 Å². The Morgan fingerprint density at radius 2 is 1.96 bits per heavy atom. The zero-order valence-electron chi connectivity index (χ0n) is 14.6. The van der Waals surface area contributed by atoms with Crippen LogP contribution in [0.1, 0.15) is 15.2 Å². The average molecular weight is 415 g/mol. The van der Waals surface area contributed by atoms with Gasteiger partial charge in [-0.3, -0.25) is 10.1 Å². The molecule has 0 bridgehead atoms. The molecule has 0 spiro atoms. The number of methoxy groups -OCH3 is 1. The largest absolute Gasteiger partial charge is 0.497 e. The van der Waals surface area contributed by atoms with Crippen molar-refractivity contribution in [1.82, 2.24) is 4.98 Å². The van der Waals surface area contributed by atoms with Gasteiger partial charge in [-0.25, -0.2) is 4.98 Å². The second kappa shape index (κ2) is 7.31. The number of fused-ring (bicyclic) bond motifs is 1. The Morgan fingerprint density at radius 1 is 1.19 bits per heavy atom. The highest BCUT2D eigenvalue weighted by Gasteiger charge is 2.19. The predicted octanol–water partition coefficient (Wildman–Crippen LogP) is 6.25. The topological polar surface area (TPSA) is 51.2 Å². The van der Waals surface area contributed by atoms with Crippen LogP contribution < -0.4 is 10.1 Å². The Kier molecular flexibility index (Phi) is 4.86. The lowest BCUT2D eigenvalue weighted by atomic mass is 10.1. The van der Waals surface area contributed by atoms with Crippen molar-refractivity contribution < 1.29 is 9.53 Å². The zero-order valence-corrected chi connectivity index (χ0v) is 17.0. The van der Waals surface area contributed by atoms with Crippen LogP contribution in [-0.2, 0) is 0 Å². The summed E-state index contributed by atoms with van der Waals surface area (Å²) < 4.78 is 6.17. The zero-order chi connectivity index (χ0) is 19.0. The Labute approximate surface area is 169 Å². The molecule has 0 saturated heterocycles. The van der Waals surface area contributed by atoms with Gasteiger partial charge in [0.2, 0.25) is 0 Å². The van der Waals surface area contributed by atoms with Crippen LogP contribution in [0.5, 0.6) is 5.75 Å². The first-order valence-electron chi connectivity index (χ1n) is 8.15. The summed E-state index contributed by atoms with van der Waals surface area (Å²) in [7, 11) is 1.60. The number of hydrogen-bond acceptors (Lipinski definition) is 5. The number of halogens is 1. The average Bonchev–Trinajstić information content (AvgIpc) is 3.27. The molecule has 0 saturated carbocycles. The normalized spacial score (nSPS) is 10.9. The first-order valence-corrected chi connectivity index (χ1v) is 10.2. The third kappa shape index (κ3) is 3.56. The van der Waals surface area contributed by atoms with Crippen molar-refractivity contribution in [2.45, 2.75) is 6.92 Å². The minimum atomic E-state index is -0.259. The van der Waals surface area contributed by atoms with Crippen LogP contribution in [0.3, 0.4) is 0 Å². The second-order valence-electron chi connectivity index (χ2n) is 5.97. The molecule has 136 valence electrons. The number of aromatic nitrogens is 1. The number of hydrogen-bond donors (Lipinski definition) is 1. The van der Waals surface area contributed by atoms with Crippen LogP contribution in [0.25, 0.3) is 21.3 Å². The van der Waals surface area contributed by atoms with Gasteiger partial charge in [0.1, 0.15) is 10.6 Å². The summed E-state index contributed by atoms with van der Waals surface area (Å²) in [6.07, 6.45) is 0. The van der Waals surface area contributed by atoms with Gasteiger partial charge in [-0.15, -0.1) is 22.7 Å². The molecule has 0 aliphatic heterocycles. The van der Waals surface area contributed by atoms with E-state index in [0.717, 1.165) is 21.3 Å². The molecule has 2 aromatic heterocycles. The van der Waals surface area contributed by atoms with Gasteiger partial charge >= 0.3 is 0 Å². The van der Waals surface area contributed by atoms with Gasteiger partial charge in [0, 0.05) is 21.0 Å². The third-order valence-electron chi connectivity index (χ3n) is 4.11. The lowest BCUT2D eigenvalue weighted by Gasteiger charge is -2.00. The molecular formula is C20H15ClN2O2S2. The lowest BCUT2D eigenvalue weighted by molar-refractivity contribution is 0.103. The minimum absolute atomic E-state index is 0.259. The summed E-state index contributed by atoms with van der Waals surface area (Å²) >= 11 is 9.18. The standard InChI is InChI=1S/C20H15ClN2O2S2/c1-11-3-5-12(6-4-11)15-10-26-20(22-15)23-19(24)18-17(21)14-9-13(25-2)7-8-16(14)27-18/h3-10H,1-2H3,(H,22,23,24). The highest BCUT2D eigenvalue weighted by Crippen LogP contribution is 2.38. The number of anilines is 1. The van der Waals surface area contributed by atoms with Crippen LogP contribution >= 0.6 is 34.3 Å². The van der Waals surface area contributed by atoms with E-state index in [1.165, 1.54) is 28.2 Å². The summed E-state index contributed by atoms with van der Waals surface area (Å²) in [4.78, 5) is 17.7. The smallest absolute Gasteiger partial charge is 0.269 e. The number of amides is 1. The van der Waals surface area contributed by atoms with Crippen LogP contribution in [-0.4, -0.2) is 18.0 Å². The van der Waals surface area contributed by atoms with Gasteiger partial charge in [-0.05, 0) is 25.1 Å². The number of nitrogens with zero attached hydrogens (tertiary/aromatic N) is 1. The van der Waals surface area contributed by atoms with Gasteiger partial charge < -0.3 is 4.74 Å². The van der Waals surface area contributed by atoms with Crippen LogP contribution in [0.4, 0.5) is 5.13 Å². The molecule has 0 fully saturated rings. The van der Waals surface area contributed by atoms with Crippen molar-refractivity contribution >= 4 is 55.4 Å². The quantitative estimate of drug-likeness (QED) is 0.429. The molecule has 0 radical (unpaired) electrons. The van der Waals surface area contributed by atoms with E-state index >= 15 is 0 Å². The van der Waals surface area contributed by atoms with Crippen molar-refractivity contribution in [2.24, 2.45) is 0 Å². The summed E-state index contributed by atoms with van der Waals surface area (Å²) in [5.74, 6) is 0.446. The van der Waals surface area contributed by atoms with E-state index in [0.29, 0.717) is 20.8 Å². The van der Waals surface area contributed by atoms with Crippen molar-refractivity contribution in [3.05, 3.63) is 63.3 Å². The molecule has 0 atom stereocenters. The van der Waals surface area contributed by atoms with E-state index in [4.69, 9.17) is 16.3 Å². The van der Waals surface area contributed by atoms with Crippen LogP contribution in [0.2, 0.25) is 5.02 Å². The van der Waals surface area contributed by atoms with Crippen molar-refractivity contribution in [3.8, 4) is 17.0 Å². The van der Waals surface area contributed by atoms with Crippen molar-refractivity contribution in [3.63, 3.8) is 0 Å². The molecule has 4 nitrogen and oxygen atoms in total. The summed E-state index contributed by atoms with van der Waals surface area (Å²) in [5, 5.41) is 6.57. The number of carbonyl (C=O) groups excluding carboxylic acids is 1. The molecular weight excluding hydrogens is 400 g/mol. The summed E-state index contributed by atoms with van der Waals surface area (Å²) in [6, 6.07) is 13.7. The van der Waals surface area contributed by atoms with Gasteiger partial charge in [0.05, 0.1) is 17.8 Å². The van der Waals surface area contributed by atoms with Gasteiger partial charge in [0.25, 0.3) is 5.91 Å². The highest BCUT2D eigenvalue weighted by molar-refractivity contribution is 7.22. The highest BCUT2D eigenvalue weighted by atomic mass is 35.5. The molecule has 0 aliphatic carbocycles. The lowest BCUT2D eigenvalue weighted by Crippen LogP contribution is -2.10. The number of rotatable bonds is 4. The number of nitrogens with one attached hydrogen (secondary N) is 1. The number of ether oxygens (including phenoxy) is 1. The van der Waals surface area contributed by atoms with E-state index < -0.39 is 0 Å². The van der Waals surface area contributed by atoms with E-state index in [1.54, 1.807) is 7.11 Å². The molecule has 0 unspecified atom stereocenters. The first-order chi connectivity index (χ1) is 13.0. The SMILES string of the molecule is COc1ccc2sc(C(=O)Nc3nc(-c4ccc(C)cc4)cs3)c(Cl)c2c1. The first kappa shape index (κ1) is 18.0. The number of benzene rings is 2. The van der Waals surface area contributed by atoms with Crippen LogP contribution in [0.15, 0.2) is 47.8 Å². The predicted molar refractivity (Wildman–Crippen MR) is 114 cm³/mol. The van der Waals surface area contributed by atoms with Crippen molar-refractivity contribution in [1.29, 1.82) is 0 Å². The molecule has 1 N–H and O–H groups in total. The fourth-order valence-corrected chi connectivity index (χ4v) is 4.76. The number of aryl methyl sites for hydroxylation is 1.